The van der Waals surface area contributed by atoms with Gasteiger partial charge in [-0.25, -0.2) is 0 Å². The minimum Gasteiger partial charge on any atom is -0.481 e. The maximum Gasteiger partial charge on any atom is 0.307 e. The number of nitrogen functional groups attached to an aromatic ring is 1. The van der Waals surface area contributed by atoms with Crippen molar-refractivity contribution in [2.24, 2.45) is 0 Å². The number of aliphatic carboxylic acids is 1. The van der Waals surface area contributed by atoms with Crippen LogP contribution in [-0.4, -0.2) is 16.1 Å². The van der Waals surface area contributed by atoms with Crippen LogP contribution in [0.5, 0.6) is 0 Å². The number of anilines is 1. The Hall–Kier alpha value is -1.29. The van der Waals surface area contributed by atoms with E-state index in [0.717, 1.165) is 0 Å². The lowest BCUT2D eigenvalue weighted by atomic mass is 10.2. The van der Waals surface area contributed by atoms with E-state index in [1.807, 2.05) is 0 Å². The van der Waals surface area contributed by atoms with Crippen LogP contribution in [0.4, 0.5) is 5.69 Å². The summed E-state index contributed by atoms with van der Waals surface area (Å²) < 4.78 is 0. The van der Waals surface area contributed by atoms with E-state index in [2.05, 4.69) is 4.98 Å². The van der Waals surface area contributed by atoms with Gasteiger partial charge in [0.25, 0.3) is 0 Å². The molecule has 0 aliphatic heterocycles. The molecule has 0 aliphatic carbocycles. The molecule has 0 fully saturated rings. The van der Waals surface area contributed by atoms with Crippen LogP contribution in [0, 0.1) is 0 Å². The second-order valence-electron chi connectivity index (χ2n) is 2.15. The van der Waals surface area contributed by atoms with Gasteiger partial charge >= 0.3 is 5.97 Å². The number of nitrogens with two attached hydrogens (primary N) is 1. The summed E-state index contributed by atoms with van der Waals surface area (Å²) in [6.07, 6.45) is 2.92. The van der Waals surface area contributed by atoms with Crippen LogP contribution >= 0.6 is 12.4 Å². The van der Waals surface area contributed by atoms with Crippen molar-refractivity contribution in [3.63, 3.8) is 0 Å². The molecule has 0 aromatic carbocycles. The Bertz CT molecular complexity index is 278. The predicted molar refractivity (Wildman–Crippen MR) is 47.2 cm³/mol. The molecule has 4 nitrogen and oxygen atoms in total. The molecule has 0 bridgehead atoms. The van der Waals surface area contributed by atoms with Gasteiger partial charge in [0, 0.05) is 23.6 Å². The normalized spacial score (nSPS) is 8.67. The Balaban J connectivity index is 0.00000121. The molecule has 0 spiro atoms. The summed E-state index contributed by atoms with van der Waals surface area (Å²) in [5, 5.41) is 8.41. The van der Waals surface area contributed by atoms with Crippen molar-refractivity contribution in [3.8, 4) is 0 Å². The molecular weight excluding hydrogens is 180 g/mol. The molecule has 5 heteroatoms. The zero-order chi connectivity index (χ0) is 8.27. The van der Waals surface area contributed by atoms with Crippen molar-refractivity contribution in [3.05, 3.63) is 24.0 Å². The summed E-state index contributed by atoms with van der Waals surface area (Å²) in [6.45, 7) is 0. The lowest BCUT2D eigenvalue weighted by molar-refractivity contribution is -0.136. The summed E-state index contributed by atoms with van der Waals surface area (Å²) in [4.78, 5) is 14.0. The van der Waals surface area contributed by atoms with Gasteiger partial charge in [-0.3, -0.25) is 9.78 Å². The lowest BCUT2D eigenvalue weighted by Crippen LogP contribution is -2.03. The smallest absolute Gasteiger partial charge is 0.307 e. The van der Waals surface area contributed by atoms with E-state index >= 15 is 0 Å². The molecule has 0 saturated heterocycles. The maximum atomic E-state index is 10.2. The molecule has 0 aliphatic rings. The van der Waals surface area contributed by atoms with E-state index in [1.54, 1.807) is 6.07 Å². The van der Waals surface area contributed by atoms with Crippen LogP contribution in [0.1, 0.15) is 5.56 Å². The van der Waals surface area contributed by atoms with E-state index < -0.39 is 5.97 Å². The van der Waals surface area contributed by atoms with Gasteiger partial charge in [-0.05, 0) is 6.07 Å². The topological polar surface area (TPSA) is 76.2 Å². The molecule has 3 N–H and O–H groups in total. The molecule has 0 unspecified atom stereocenters. The van der Waals surface area contributed by atoms with Crippen molar-refractivity contribution in [1.82, 2.24) is 4.98 Å². The number of halogens is 1. The second kappa shape index (κ2) is 4.56. The van der Waals surface area contributed by atoms with Gasteiger partial charge < -0.3 is 10.8 Å². The molecular formula is C7H9ClN2O2. The highest BCUT2D eigenvalue weighted by Gasteiger charge is 2.02. The van der Waals surface area contributed by atoms with E-state index in [9.17, 15) is 4.79 Å². The fourth-order valence-corrected chi connectivity index (χ4v) is 0.749. The van der Waals surface area contributed by atoms with Gasteiger partial charge in [-0.15, -0.1) is 12.4 Å². The van der Waals surface area contributed by atoms with Crippen LogP contribution in [0.25, 0.3) is 0 Å². The van der Waals surface area contributed by atoms with Crippen LogP contribution in [0.3, 0.4) is 0 Å². The Morgan fingerprint density at radius 2 is 2.33 bits per heavy atom. The van der Waals surface area contributed by atoms with Crippen LogP contribution in [0.2, 0.25) is 0 Å². The highest BCUT2D eigenvalue weighted by Crippen LogP contribution is 2.08. The zero-order valence-corrected chi connectivity index (χ0v) is 7.04. The first-order chi connectivity index (χ1) is 5.20. The van der Waals surface area contributed by atoms with Gasteiger partial charge in [0.1, 0.15) is 0 Å². The third-order valence-electron chi connectivity index (χ3n) is 1.28. The van der Waals surface area contributed by atoms with Gasteiger partial charge in [0.15, 0.2) is 0 Å². The molecule has 1 heterocycles. The summed E-state index contributed by atoms with van der Waals surface area (Å²) in [6, 6.07) is 1.58. The minimum atomic E-state index is -0.898. The van der Waals surface area contributed by atoms with E-state index in [4.69, 9.17) is 10.8 Å². The van der Waals surface area contributed by atoms with E-state index in [1.165, 1.54) is 12.4 Å². The average molecular weight is 189 g/mol. The Kier molecular flexibility index (Phi) is 4.07. The molecule has 0 amide bonds. The Morgan fingerprint density at radius 3 is 2.83 bits per heavy atom. The highest BCUT2D eigenvalue weighted by atomic mass is 35.5. The average Bonchev–Trinajstić information content (AvgIpc) is 1.93. The summed E-state index contributed by atoms with van der Waals surface area (Å²) in [5.41, 5.74) is 6.50. The van der Waals surface area contributed by atoms with Crippen LogP contribution in [-0.2, 0) is 11.2 Å². The molecule has 0 atom stereocenters. The van der Waals surface area contributed by atoms with Gasteiger partial charge in [0.2, 0.25) is 0 Å². The summed E-state index contributed by atoms with van der Waals surface area (Å²) in [5.74, 6) is -0.898. The van der Waals surface area contributed by atoms with Crippen molar-refractivity contribution in [2.75, 3.05) is 5.73 Å². The highest BCUT2D eigenvalue weighted by molar-refractivity contribution is 5.85. The number of hydrogen-bond donors (Lipinski definition) is 2. The number of aromatic nitrogens is 1. The minimum absolute atomic E-state index is 0. The third kappa shape index (κ3) is 2.75. The molecule has 1 aromatic heterocycles. The van der Waals surface area contributed by atoms with Crippen molar-refractivity contribution < 1.29 is 9.90 Å². The second-order valence-corrected chi connectivity index (χ2v) is 2.15. The number of rotatable bonds is 2. The first kappa shape index (κ1) is 10.7. The van der Waals surface area contributed by atoms with Crippen LogP contribution < -0.4 is 5.73 Å². The lowest BCUT2D eigenvalue weighted by Gasteiger charge is -1.99. The SMILES string of the molecule is Cl.Nc1ccncc1CC(=O)O. The summed E-state index contributed by atoms with van der Waals surface area (Å²) in [7, 11) is 0. The van der Waals surface area contributed by atoms with E-state index in [-0.39, 0.29) is 18.8 Å². The maximum absolute atomic E-state index is 10.2. The quantitative estimate of drug-likeness (QED) is 0.717. The van der Waals surface area contributed by atoms with Crippen molar-refractivity contribution in [2.45, 2.75) is 6.42 Å². The first-order valence-corrected chi connectivity index (χ1v) is 3.10. The number of nitrogens with zero attached hydrogens (tertiary/aromatic N) is 1. The standard InChI is InChI=1S/C7H8N2O2.ClH/c8-6-1-2-9-4-5(6)3-7(10)11;/h1-2,4H,3H2,(H2,8,9)(H,10,11);1H. The summed E-state index contributed by atoms with van der Waals surface area (Å²) >= 11 is 0. The predicted octanol–water partition coefficient (Wildman–Crippen LogP) is 0.713. The molecule has 1 aromatic rings. The number of carboxylic acid groups (broad SMARTS) is 1. The number of carboxylic acids is 1. The fraction of sp³-hybridized carbons (Fsp3) is 0.143. The number of pyridine rings is 1. The third-order valence-corrected chi connectivity index (χ3v) is 1.28. The fourth-order valence-electron chi connectivity index (χ4n) is 0.749. The molecule has 1 rings (SSSR count). The van der Waals surface area contributed by atoms with Crippen LogP contribution in [0.15, 0.2) is 18.5 Å². The molecule has 0 radical (unpaired) electrons. The van der Waals surface area contributed by atoms with Crippen molar-refractivity contribution in [1.29, 1.82) is 0 Å². The van der Waals surface area contributed by atoms with Gasteiger partial charge in [-0.1, -0.05) is 0 Å². The monoisotopic (exact) mass is 188 g/mol. The Morgan fingerprint density at radius 1 is 1.67 bits per heavy atom. The molecule has 12 heavy (non-hydrogen) atoms. The largest absolute Gasteiger partial charge is 0.481 e. The molecule has 66 valence electrons. The zero-order valence-electron chi connectivity index (χ0n) is 6.23. The van der Waals surface area contributed by atoms with Gasteiger partial charge in [-0.2, -0.15) is 0 Å². The first-order valence-electron chi connectivity index (χ1n) is 3.10. The van der Waals surface area contributed by atoms with Crippen molar-refractivity contribution >= 4 is 24.1 Å². The van der Waals surface area contributed by atoms with Gasteiger partial charge in [0.05, 0.1) is 6.42 Å². The molecule has 0 saturated carbocycles. The number of carbonyl (C=O) groups is 1. The Labute approximate surface area is 75.8 Å². The van der Waals surface area contributed by atoms with E-state index in [0.29, 0.717) is 11.3 Å². The number of hydrogen-bond acceptors (Lipinski definition) is 3.